The van der Waals surface area contributed by atoms with Gasteiger partial charge in [-0.1, -0.05) is 62.7 Å². The zero-order chi connectivity index (χ0) is 33.2. The smallest absolute Gasteiger partial charge is 0.417 e. The number of aliphatic hydroxyl groups excluding tert-OH is 1. The number of nitrogens with one attached hydrogen (secondary N) is 1. The van der Waals surface area contributed by atoms with E-state index >= 15 is 0 Å². The molecule has 3 aromatic rings. The summed E-state index contributed by atoms with van der Waals surface area (Å²) in [7, 11) is -4.81. The molecule has 0 saturated carbocycles. The van der Waals surface area contributed by atoms with E-state index < -0.39 is 62.5 Å². The van der Waals surface area contributed by atoms with Gasteiger partial charge in [0.25, 0.3) is 10.0 Å². The van der Waals surface area contributed by atoms with Crippen LogP contribution >= 0.6 is 0 Å². The number of benzene rings is 2. The molecule has 7 nitrogen and oxygen atoms in total. The van der Waals surface area contributed by atoms with Crippen molar-refractivity contribution < 1.29 is 40.3 Å². The van der Waals surface area contributed by atoms with Crippen LogP contribution in [-0.4, -0.2) is 30.1 Å². The number of anilines is 1. The molecule has 0 unspecified atom stereocenters. The number of hydrogen-bond acceptors (Lipinski definition) is 6. The average Bonchev–Trinajstić information content (AvgIpc) is 2.95. The predicted molar refractivity (Wildman–Crippen MR) is 152 cm³/mol. The highest BCUT2D eigenvalue weighted by molar-refractivity contribution is 7.92. The summed E-state index contributed by atoms with van der Waals surface area (Å²) in [5, 5.41) is 10.0. The van der Waals surface area contributed by atoms with Gasteiger partial charge in [-0.05, 0) is 61.0 Å². The van der Waals surface area contributed by atoms with Gasteiger partial charge in [-0.25, -0.2) is 9.78 Å². The van der Waals surface area contributed by atoms with Crippen molar-refractivity contribution in [2.24, 2.45) is 0 Å². The first kappa shape index (κ1) is 27.0. The van der Waals surface area contributed by atoms with Crippen LogP contribution in [0.4, 0.5) is 18.9 Å². The lowest BCUT2D eigenvalue weighted by Gasteiger charge is -2.38. The van der Waals surface area contributed by atoms with Crippen LogP contribution in [0.15, 0.2) is 89.2 Å². The number of hydrogen-bond donors (Lipinski definition) is 2. The maximum atomic E-state index is 13.5. The summed E-state index contributed by atoms with van der Waals surface area (Å²) in [6.07, 6.45) is -3.79. The van der Waals surface area contributed by atoms with Crippen molar-refractivity contribution in [2.45, 2.75) is 75.1 Å². The Morgan fingerprint density at radius 1 is 1.12 bits per heavy atom. The molecule has 0 spiro atoms. The highest BCUT2D eigenvalue weighted by atomic mass is 32.2. The Morgan fingerprint density at radius 3 is 2.50 bits per heavy atom. The van der Waals surface area contributed by atoms with Crippen molar-refractivity contribution in [1.82, 2.24) is 4.98 Å². The number of pyridine rings is 1. The van der Waals surface area contributed by atoms with Crippen LogP contribution in [-0.2, 0) is 32.2 Å². The van der Waals surface area contributed by atoms with Crippen molar-refractivity contribution in [2.75, 3.05) is 4.72 Å². The fourth-order valence-electron chi connectivity index (χ4n) is 5.19. The predicted octanol–water partition coefficient (Wildman–Crippen LogP) is 7.33. The number of esters is 1. The Balaban J connectivity index is 1.63. The first-order valence-corrected chi connectivity index (χ1v) is 15.0. The molecule has 2 atom stereocenters. The van der Waals surface area contributed by atoms with Crippen LogP contribution in [0.25, 0.3) is 0 Å². The minimum atomic E-state index is -5.17. The van der Waals surface area contributed by atoms with E-state index in [1.165, 1.54) is 18.2 Å². The second-order valence-corrected chi connectivity index (χ2v) is 11.8. The third-order valence-electron chi connectivity index (χ3n) is 7.15. The van der Waals surface area contributed by atoms with Gasteiger partial charge in [-0.3, -0.25) is 4.72 Å². The first-order valence-electron chi connectivity index (χ1n) is 15.0. The molecule has 0 fully saturated rings. The van der Waals surface area contributed by atoms with Crippen LogP contribution in [0.1, 0.15) is 72.7 Å². The molecule has 1 aliphatic heterocycles. The zero-order valence-corrected chi connectivity index (χ0v) is 23.9. The van der Waals surface area contributed by atoms with Gasteiger partial charge < -0.3 is 9.84 Å². The summed E-state index contributed by atoms with van der Waals surface area (Å²) in [5.74, 6) is -1.47. The SMILES string of the molecule is [2H]c1nc(S(=O)(=O)Nc2cccc([C@@H](CC)C3=C(O)C[C@@](CCC)(CCc4ccccc4)OC3=O)c2)c([2H])c([2H])c1C(F)(F)F. The maximum absolute atomic E-state index is 13.5. The summed E-state index contributed by atoms with van der Waals surface area (Å²) in [4.78, 5) is 16.7. The number of rotatable bonds is 11. The normalized spacial score (nSPS) is 19.5. The molecule has 0 radical (unpaired) electrons. The molecule has 2 aromatic carbocycles. The second-order valence-electron chi connectivity index (χ2n) is 10.2. The molecule has 2 N–H and O–H groups in total. The number of sulfonamides is 1. The van der Waals surface area contributed by atoms with Crippen molar-refractivity contribution >= 4 is 21.7 Å². The Hall–Kier alpha value is -3.86. The number of carbonyl (C=O) groups is 1. The average molecular weight is 606 g/mol. The van der Waals surface area contributed by atoms with Gasteiger partial charge in [-0.15, -0.1) is 0 Å². The van der Waals surface area contributed by atoms with E-state index in [-0.39, 0.29) is 23.4 Å². The van der Waals surface area contributed by atoms with Gasteiger partial charge in [-0.2, -0.15) is 21.6 Å². The molecule has 0 amide bonds. The van der Waals surface area contributed by atoms with Crippen LogP contribution < -0.4 is 4.72 Å². The summed E-state index contributed by atoms with van der Waals surface area (Å²) >= 11 is 0. The quantitative estimate of drug-likeness (QED) is 0.222. The lowest BCUT2D eigenvalue weighted by Crippen LogP contribution is -2.41. The number of halogens is 3. The topological polar surface area (TPSA) is 106 Å². The number of alkyl halides is 3. The van der Waals surface area contributed by atoms with Gasteiger partial charge in [0.15, 0.2) is 5.03 Å². The summed E-state index contributed by atoms with van der Waals surface area (Å²) in [5.41, 5.74) is -1.20. The van der Waals surface area contributed by atoms with Crippen LogP contribution in [0.5, 0.6) is 0 Å². The monoisotopic (exact) mass is 605 g/mol. The van der Waals surface area contributed by atoms with Gasteiger partial charge in [0.2, 0.25) is 0 Å². The fourth-order valence-corrected chi connectivity index (χ4v) is 6.08. The highest BCUT2D eigenvalue weighted by Gasteiger charge is 2.43. The molecule has 2 heterocycles. The molecular weight excluding hydrogens is 569 g/mol. The van der Waals surface area contributed by atoms with E-state index in [0.29, 0.717) is 31.2 Å². The molecule has 11 heteroatoms. The largest absolute Gasteiger partial charge is 0.512 e. The highest BCUT2D eigenvalue weighted by Crippen LogP contribution is 2.42. The second kappa shape index (κ2) is 12.6. The first-order chi connectivity index (χ1) is 21.1. The minimum Gasteiger partial charge on any atom is -0.512 e. The number of aliphatic hydroxyl groups is 1. The van der Waals surface area contributed by atoms with Crippen LogP contribution in [0.3, 0.4) is 0 Å². The van der Waals surface area contributed by atoms with Gasteiger partial charge >= 0.3 is 12.1 Å². The zero-order valence-electron chi connectivity index (χ0n) is 26.1. The number of nitrogens with zero attached hydrogens (tertiary/aromatic N) is 1. The summed E-state index contributed by atoms with van der Waals surface area (Å²) < 4.78 is 97.1. The van der Waals surface area contributed by atoms with E-state index in [0.717, 1.165) is 12.0 Å². The molecular formula is C31H33F3N2O5S. The van der Waals surface area contributed by atoms with Crippen molar-refractivity contribution in [3.8, 4) is 0 Å². The molecule has 42 heavy (non-hydrogen) atoms. The van der Waals surface area contributed by atoms with E-state index in [2.05, 4.69) is 9.71 Å². The van der Waals surface area contributed by atoms with Crippen molar-refractivity contribution in [3.05, 3.63) is 101 Å². The standard InChI is InChI=1S/C31H33F3N2O5S/c1-3-16-30(17-15-21-9-6-5-7-10-21)19-26(37)28(29(38)41-30)25(4-2)22-11-8-12-24(18-22)36-42(39,40)27-14-13-23(20-35-27)31(32,33)34/h5-14,18,20,25,36-37H,3-4,15-17,19H2,1-2H3/t25-,30-/m1/s1/i13D,14D,20D. The molecule has 224 valence electrons. The van der Waals surface area contributed by atoms with E-state index in [4.69, 9.17) is 8.85 Å². The molecule has 0 bridgehead atoms. The van der Waals surface area contributed by atoms with Crippen LogP contribution in [0.2, 0.25) is 0 Å². The number of carbonyl (C=O) groups excluding carboxylic acids is 1. The van der Waals surface area contributed by atoms with Crippen molar-refractivity contribution in [1.29, 1.82) is 0 Å². The van der Waals surface area contributed by atoms with E-state index in [1.807, 2.05) is 37.3 Å². The Bertz CT molecular complexity index is 1720. The summed E-state index contributed by atoms with van der Waals surface area (Å²) in [6, 6.07) is 12.8. The Labute approximate surface area is 247 Å². The molecule has 0 aliphatic carbocycles. The van der Waals surface area contributed by atoms with E-state index in [1.54, 1.807) is 13.0 Å². The lowest BCUT2D eigenvalue weighted by molar-refractivity contribution is -0.161. The Morgan fingerprint density at radius 2 is 1.86 bits per heavy atom. The minimum absolute atomic E-state index is 0.0551. The Kier molecular flexibility index (Phi) is 8.08. The third kappa shape index (κ3) is 7.13. The fraction of sp³-hybridized carbons (Fsp3) is 0.355. The molecule has 1 aliphatic rings. The molecule has 1 aromatic heterocycles. The third-order valence-corrected chi connectivity index (χ3v) is 8.35. The van der Waals surface area contributed by atoms with E-state index in [9.17, 15) is 31.5 Å². The van der Waals surface area contributed by atoms with Gasteiger partial charge in [0.1, 0.15) is 11.4 Å². The lowest BCUT2D eigenvalue weighted by atomic mass is 9.80. The number of aromatic nitrogens is 1. The molecule has 4 rings (SSSR count). The maximum Gasteiger partial charge on any atom is 0.417 e. The van der Waals surface area contributed by atoms with Crippen LogP contribution in [0, 0.1) is 0 Å². The van der Waals surface area contributed by atoms with Gasteiger partial charge in [0.05, 0.1) is 15.2 Å². The molecule has 0 saturated heterocycles. The number of aryl methyl sites for hydroxylation is 1. The summed E-state index contributed by atoms with van der Waals surface area (Å²) in [6.45, 7) is 3.75. The number of ether oxygens (including phenoxy) is 1. The van der Waals surface area contributed by atoms with Crippen molar-refractivity contribution in [3.63, 3.8) is 0 Å². The van der Waals surface area contributed by atoms with Gasteiger partial charge in [0, 0.05) is 24.2 Å². The number of cyclic esters (lactones) is 1.